The van der Waals surface area contributed by atoms with Gasteiger partial charge in [0, 0.05) is 31.9 Å². The van der Waals surface area contributed by atoms with E-state index in [2.05, 4.69) is 10.4 Å². The van der Waals surface area contributed by atoms with Gasteiger partial charge in [-0.1, -0.05) is 0 Å². The van der Waals surface area contributed by atoms with Gasteiger partial charge < -0.3 is 4.90 Å². The SMILES string of the molecule is Cc1cc(NC(=O)N(C)C2CCS(=O)(=O)C2)nn1C. The molecule has 7 nitrogen and oxygen atoms in total. The lowest BCUT2D eigenvalue weighted by atomic mass is 10.2. The minimum atomic E-state index is -2.99. The second-order valence-corrected chi connectivity index (χ2v) is 7.12. The van der Waals surface area contributed by atoms with Gasteiger partial charge in [-0.15, -0.1) is 0 Å². The van der Waals surface area contributed by atoms with Gasteiger partial charge in [0.1, 0.15) is 0 Å². The zero-order valence-corrected chi connectivity index (χ0v) is 12.1. The Morgan fingerprint density at radius 3 is 2.74 bits per heavy atom. The normalized spacial score (nSPS) is 21.3. The maximum Gasteiger partial charge on any atom is 0.323 e. The summed E-state index contributed by atoms with van der Waals surface area (Å²) in [5.41, 5.74) is 0.932. The second kappa shape index (κ2) is 4.84. The summed E-state index contributed by atoms with van der Waals surface area (Å²) in [5, 5.41) is 6.80. The summed E-state index contributed by atoms with van der Waals surface area (Å²) < 4.78 is 24.5. The van der Waals surface area contributed by atoms with E-state index in [9.17, 15) is 13.2 Å². The lowest BCUT2D eigenvalue weighted by Crippen LogP contribution is -2.40. The van der Waals surface area contributed by atoms with Crippen molar-refractivity contribution in [1.82, 2.24) is 14.7 Å². The summed E-state index contributed by atoms with van der Waals surface area (Å²) >= 11 is 0. The Labute approximate surface area is 112 Å². The predicted molar refractivity (Wildman–Crippen MR) is 71.8 cm³/mol. The van der Waals surface area contributed by atoms with Crippen LogP contribution in [-0.4, -0.2) is 53.7 Å². The average Bonchev–Trinajstić information content (AvgIpc) is 2.81. The average molecular weight is 286 g/mol. The Morgan fingerprint density at radius 2 is 2.26 bits per heavy atom. The number of carbonyl (C=O) groups excluding carboxylic acids is 1. The summed E-state index contributed by atoms with van der Waals surface area (Å²) in [6.07, 6.45) is 0.494. The van der Waals surface area contributed by atoms with Crippen LogP contribution in [0.2, 0.25) is 0 Å². The summed E-state index contributed by atoms with van der Waals surface area (Å²) in [5.74, 6) is 0.661. The first-order valence-electron chi connectivity index (χ1n) is 6.03. The molecule has 1 aromatic rings. The highest BCUT2D eigenvalue weighted by atomic mass is 32.2. The quantitative estimate of drug-likeness (QED) is 0.852. The maximum atomic E-state index is 12.0. The van der Waals surface area contributed by atoms with Gasteiger partial charge in [-0.3, -0.25) is 10.00 Å². The molecule has 0 aromatic carbocycles. The number of hydrogen-bond acceptors (Lipinski definition) is 4. The van der Waals surface area contributed by atoms with Gasteiger partial charge in [0.25, 0.3) is 0 Å². The summed E-state index contributed by atoms with van der Waals surface area (Å²) in [6.45, 7) is 1.88. The summed E-state index contributed by atoms with van der Waals surface area (Å²) in [6, 6.07) is 1.17. The molecule has 106 valence electrons. The number of nitrogens with one attached hydrogen (secondary N) is 1. The van der Waals surface area contributed by atoms with Crippen LogP contribution in [0.5, 0.6) is 0 Å². The van der Waals surface area contributed by atoms with E-state index in [-0.39, 0.29) is 23.6 Å². The molecular weight excluding hydrogens is 268 g/mol. The van der Waals surface area contributed by atoms with Crippen molar-refractivity contribution in [2.24, 2.45) is 7.05 Å². The number of aromatic nitrogens is 2. The topological polar surface area (TPSA) is 84.3 Å². The van der Waals surface area contributed by atoms with Crippen LogP contribution in [0.1, 0.15) is 12.1 Å². The summed E-state index contributed by atoms with van der Waals surface area (Å²) in [7, 11) is 0.407. The van der Waals surface area contributed by atoms with E-state index in [4.69, 9.17) is 0 Å². The molecule has 1 atom stereocenters. The highest BCUT2D eigenvalue weighted by Crippen LogP contribution is 2.17. The standard InChI is InChI=1S/C11H18N4O3S/c1-8-6-10(13-15(8)3)12-11(16)14(2)9-4-5-19(17,18)7-9/h6,9H,4-5,7H2,1-3H3,(H,12,13,16). The van der Waals surface area contributed by atoms with Gasteiger partial charge in [0.05, 0.1) is 11.5 Å². The number of nitrogens with zero attached hydrogens (tertiary/aromatic N) is 3. The fraction of sp³-hybridized carbons (Fsp3) is 0.636. The fourth-order valence-electron chi connectivity index (χ4n) is 2.07. The largest absolute Gasteiger partial charge is 0.324 e. The van der Waals surface area contributed by atoms with Crippen molar-refractivity contribution in [2.75, 3.05) is 23.9 Å². The first kappa shape index (κ1) is 13.9. The number of amides is 2. The minimum Gasteiger partial charge on any atom is -0.324 e. The number of urea groups is 1. The molecule has 1 aliphatic heterocycles. The fourth-order valence-corrected chi connectivity index (χ4v) is 3.84. The molecule has 19 heavy (non-hydrogen) atoms. The first-order chi connectivity index (χ1) is 8.78. The molecule has 0 spiro atoms. The molecule has 2 amide bonds. The van der Waals surface area contributed by atoms with Crippen LogP contribution in [-0.2, 0) is 16.9 Å². The molecule has 2 heterocycles. The van der Waals surface area contributed by atoms with Crippen LogP contribution in [0.4, 0.5) is 10.6 Å². The van der Waals surface area contributed by atoms with Crippen molar-refractivity contribution in [1.29, 1.82) is 0 Å². The van der Waals surface area contributed by atoms with E-state index < -0.39 is 9.84 Å². The van der Waals surface area contributed by atoms with E-state index in [0.29, 0.717) is 12.2 Å². The first-order valence-corrected chi connectivity index (χ1v) is 7.85. The van der Waals surface area contributed by atoms with Gasteiger partial charge >= 0.3 is 6.03 Å². The highest BCUT2D eigenvalue weighted by Gasteiger charge is 2.32. The van der Waals surface area contributed by atoms with Crippen LogP contribution in [0.3, 0.4) is 0 Å². The van der Waals surface area contributed by atoms with Crippen LogP contribution in [0, 0.1) is 6.92 Å². The zero-order chi connectivity index (χ0) is 14.2. The van der Waals surface area contributed by atoms with Gasteiger partial charge in [-0.05, 0) is 13.3 Å². The lowest BCUT2D eigenvalue weighted by molar-refractivity contribution is 0.209. The van der Waals surface area contributed by atoms with Crippen molar-refractivity contribution >= 4 is 21.7 Å². The lowest BCUT2D eigenvalue weighted by Gasteiger charge is -2.23. The molecule has 1 fully saturated rings. The third-order valence-corrected chi connectivity index (χ3v) is 5.18. The molecular formula is C11H18N4O3S. The van der Waals surface area contributed by atoms with E-state index in [1.165, 1.54) is 4.90 Å². The van der Waals surface area contributed by atoms with Crippen LogP contribution >= 0.6 is 0 Å². The van der Waals surface area contributed by atoms with Crippen LogP contribution in [0.15, 0.2) is 6.07 Å². The van der Waals surface area contributed by atoms with E-state index in [1.807, 2.05) is 6.92 Å². The van der Waals surface area contributed by atoms with Crippen molar-refractivity contribution in [2.45, 2.75) is 19.4 Å². The minimum absolute atomic E-state index is 0.0398. The van der Waals surface area contributed by atoms with Gasteiger partial charge in [0.2, 0.25) is 0 Å². The highest BCUT2D eigenvalue weighted by molar-refractivity contribution is 7.91. The van der Waals surface area contributed by atoms with Crippen molar-refractivity contribution in [3.05, 3.63) is 11.8 Å². The third-order valence-electron chi connectivity index (χ3n) is 3.43. The van der Waals surface area contributed by atoms with Crippen LogP contribution < -0.4 is 5.32 Å². The Balaban J connectivity index is 2.00. The number of hydrogen-bond donors (Lipinski definition) is 1. The van der Waals surface area contributed by atoms with E-state index in [0.717, 1.165) is 5.69 Å². The molecule has 1 aliphatic rings. The monoisotopic (exact) mass is 286 g/mol. The molecule has 0 aliphatic carbocycles. The molecule has 1 unspecified atom stereocenters. The number of anilines is 1. The van der Waals surface area contributed by atoms with Crippen LogP contribution in [0.25, 0.3) is 0 Å². The molecule has 0 radical (unpaired) electrons. The predicted octanol–water partition coefficient (Wildman–Crippen LogP) is 0.379. The molecule has 1 aromatic heterocycles. The van der Waals surface area contributed by atoms with Crippen molar-refractivity contribution in [3.8, 4) is 0 Å². The number of sulfone groups is 1. The Morgan fingerprint density at radius 1 is 1.58 bits per heavy atom. The Kier molecular flexibility index (Phi) is 3.53. The molecule has 2 rings (SSSR count). The molecule has 1 N–H and O–H groups in total. The maximum absolute atomic E-state index is 12.0. The molecule has 0 bridgehead atoms. The van der Waals surface area contributed by atoms with Crippen molar-refractivity contribution < 1.29 is 13.2 Å². The van der Waals surface area contributed by atoms with E-state index >= 15 is 0 Å². The molecule has 0 saturated carbocycles. The molecule has 8 heteroatoms. The molecule has 1 saturated heterocycles. The number of aryl methyl sites for hydroxylation is 2. The van der Waals surface area contributed by atoms with E-state index in [1.54, 1.807) is 24.8 Å². The summed E-state index contributed by atoms with van der Waals surface area (Å²) in [4.78, 5) is 13.4. The van der Waals surface area contributed by atoms with Gasteiger partial charge in [0.15, 0.2) is 15.7 Å². The zero-order valence-electron chi connectivity index (χ0n) is 11.3. The Bertz CT molecular complexity index is 574. The second-order valence-electron chi connectivity index (χ2n) is 4.89. The van der Waals surface area contributed by atoms with Gasteiger partial charge in [-0.25, -0.2) is 13.2 Å². The van der Waals surface area contributed by atoms with Crippen molar-refractivity contribution in [3.63, 3.8) is 0 Å². The Hall–Kier alpha value is -1.57. The number of carbonyl (C=O) groups is 1. The smallest absolute Gasteiger partial charge is 0.323 e. The van der Waals surface area contributed by atoms with Gasteiger partial charge in [-0.2, -0.15) is 5.10 Å². The number of rotatable bonds is 2. The third kappa shape index (κ3) is 3.06.